The molecule has 3 saturated heterocycles. The van der Waals surface area contributed by atoms with Crippen molar-refractivity contribution in [2.45, 2.75) is 69.6 Å². The molecule has 50 heavy (non-hydrogen) atoms. The minimum Gasteiger partial charge on any atom is -0.397 e. The molecule has 16 heteroatoms. The van der Waals surface area contributed by atoms with Gasteiger partial charge in [-0.15, -0.1) is 0 Å². The van der Waals surface area contributed by atoms with E-state index in [4.69, 9.17) is 17.3 Å². The third-order valence-corrected chi connectivity index (χ3v) is 12.8. The topological polar surface area (TPSA) is 136 Å². The van der Waals surface area contributed by atoms with Crippen LogP contribution in [-0.4, -0.2) is 102 Å². The van der Waals surface area contributed by atoms with E-state index in [1.807, 2.05) is 29.2 Å². The zero-order valence-electron chi connectivity index (χ0n) is 27.6. The summed E-state index contributed by atoms with van der Waals surface area (Å²) in [4.78, 5) is 45.9. The largest absolute Gasteiger partial charge is 0.418 e. The molecule has 0 aliphatic carbocycles. The molecule has 2 aromatic carbocycles. The summed E-state index contributed by atoms with van der Waals surface area (Å²) in [6.45, 7) is 2.26. The number of piperidine rings is 2. The van der Waals surface area contributed by atoms with Gasteiger partial charge in [-0.2, -0.15) is 17.5 Å². The van der Waals surface area contributed by atoms with Gasteiger partial charge in [-0.25, -0.2) is 13.2 Å². The maximum absolute atomic E-state index is 14.0. The van der Waals surface area contributed by atoms with Crippen molar-refractivity contribution in [1.29, 1.82) is 0 Å². The fourth-order valence-corrected chi connectivity index (χ4v) is 9.81. The van der Waals surface area contributed by atoms with E-state index in [-0.39, 0.29) is 72.2 Å². The predicted molar refractivity (Wildman–Crippen MR) is 183 cm³/mol. The first-order valence-electron chi connectivity index (χ1n) is 17.1. The summed E-state index contributed by atoms with van der Waals surface area (Å²) in [5.74, 6) is -1.55. The minimum atomic E-state index is -4.77. The van der Waals surface area contributed by atoms with Crippen LogP contribution in [0.2, 0.25) is 5.02 Å². The summed E-state index contributed by atoms with van der Waals surface area (Å²) >= 11 is 6.11. The number of rotatable bonds is 7. The van der Waals surface area contributed by atoms with Gasteiger partial charge in [0, 0.05) is 63.5 Å². The van der Waals surface area contributed by atoms with Crippen LogP contribution in [0.1, 0.15) is 55.2 Å². The zero-order chi connectivity index (χ0) is 35.8. The molecule has 3 fully saturated rings. The molecule has 1 unspecified atom stereocenters. The monoisotopic (exact) mass is 738 g/mol. The Morgan fingerprint density at radius 2 is 1.62 bits per heavy atom. The van der Waals surface area contributed by atoms with Gasteiger partial charge in [0.15, 0.2) is 0 Å². The Kier molecular flexibility index (Phi) is 10.6. The molecule has 3 N–H and O–H groups in total. The van der Waals surface area contributed by atoms with Crippen LogP contribution in [0.5, 0.6) is 0 Å². The number of carbonyl (C=O) groups is 3. The number of carbonyl (C=O) groups excluding carboxylic acids is 3. The lowest BCUT2D eigenvalue weighted by Gasteiger charge is -2.39. The van der Waals surface area contributed by atoms with Crippen LogP contribution in [-0.2, 0) is 38.6 Å². The molecule has 0 aromatic heterocycles. The number of benzene rings is 2. The van der Waals surface area contributed by atoms with E-state index in [1.165, 1.54) is 10.4 Å². The molecular weight excluding hydrogens is 697 g/mol. The van der Waals surface area contributed by atoms with Crippen LogP contribution in [0.3, 0.4) is 0 Å². The van der Waals surface area contributed by atoms with Gasteiger partial charge >= 0.3 is 12.2 Å². The van der Waals surface area contributed by atoms with Gasteiger partial charge in [0.2, 0.25) is 21.8 Å². The number of nitrogen functional groups attached to an aromatic ring is 1. The molecule has 4 aliphatic rings. The molecule has 272 valence electrons. The molecule has 0 radical (unpaired) electrons. The molecule has 0 saturated carbocycles. The van der Waals surface area contributed by atoms with Crippen LogP contribution in [0.25, 0.3) is 0 Å². The van der Waals surface area contributed by atoms with Crippen molar-refractivity contribution in [3.63, 3.8) is 0 Å². The number of nitrogens with two attached hydrogens (primary N) is 1. The van der Waals surface area contributed by atoms with E-state index in [2.05, 4.69) is 5.32 Å². The fourth-order valence-electron chi connectivity index (χ4n) is 7.76. The molecule has 4 heterocycles. The first-order chi connectivity index (χ1) is 23.7. The number of alkyl halides is 3. The third kappa shape index (κ3) is 7.84. The number of para-hydroxylation sites is 1. The Balaban J connectivity index is 1.14. The van der Waals surface area contributed by atoms with Crippen LogP contribution in [0, 0.1) is 5.92 Å². The van der Waals surface area contributed by atoms with Crippen molar-refractivity contribution in [1.82, 2.24) is 19.0 Å². The average molecular weight is 739 g/mol. The van der Waals surface area contributed by atoms with E-state index in [1.54, 1.807) is 9.80 Å². The van der Waals surface area contributed by atoms with Gasteiger partial charge in [-0.05, 0) is 74.3 Å². The highest BCUT2D eigenvalue weighted by Crippen LogP contribution is 2.39. The highest BCUT2D eigenvalue weighted by molar-refractivity contribution is 7.89. The van der Waals surface area contributed by atoms with Gasteiger partial charge in [0.1, 0.15) is 0 Å². The second kappa shape index (κ2) is 14.6. The van der Waals surface area contributed by atoms with Gasteiger partial charge in [0.05, 0.1) is 27.9 Å². The SMILES string of the molecule is Nc1c(Cl)cc(CC(CC(=O)N2CCC(N3CCc4ccccc4NC3=O)CC2)C(=O)N2CCC(N3CCCS3(=O)=O)CC2)cc1C(F)(F)F. The number of fused-ring (bicyclic) bond motifs is 1. The van der Waals surface area contributed by atoms with E-state index in [0.717, 1.165) is 17.3 Å². The summed E-state index contributed by atoms with van der Waals surface area (Å²) in [6.07, 6.45) is -1.95. The second-order valence-corrected chi connectivity index (χ2v) is 16.1. The molecule has 1 atom stereocenters. The first-order valence-corrected chi connectivity index (χ1v) is 19.1. The molecule has 2 aromatic rings. The maximum atomic E-state index is 14.0. The Morgan fingerprint density at radius 1 is 0.960 bits per heavy atom. The van der Waals surface area contributed by atoms with Crippen LogP contribution < -0.4 is 11.1 Å². The fraction of sp³-hybridized carbons (Fsp3) is 0.559. The van der Waals surface area contributed by atoms with Crippen molar-refractivity contribution >= 4 is 50.8 Å². The van der Waals surface area contributed by atoms with Gasteiger partial charge in [-0.1, -0.05) is 29.8 Å². The molecule has 0 bridgehead atoms. The van der Waals surface area contributed by atoms with Gasteiger partial charge in [-0.3, -0.25) is 9.59 Å². The minimum absolute atomic E-state index is 0.0794. The summed E-state index contributed by atoms with van der Waals surface area (Å²) in [5, 5.41) is 2.69. The number of hydrogen-bond acceptors (Lipinski definition) is 6. The maximum Gasteiger partial charge on any atom is 0.418 e. The summed E-state index contributed by atoms with van der Waals surface area (Å²) < 4.78 is 67.9. The molecular formula is C34H42ClF3N6O5S. The van der Waals surface area contributed by atoms with Crippen LogP contribution >= 0.6 is 11.6 Å². The molecule has 4 amide bonds. The summed E-state index contributed by atoms with van der Waals surface area (Å²) in [5.41, 5.74) is 5.92. The number of urea groups is 1. The quantitative estimate of drug-likeness (QED) is 0.399. The molecule has 0 spiro atoms. The zero-order valence-corrected chi connectivity index (χ0v) is 29.2. The van der Waals surface area contributed by atoms with Gasteiger partial charge in [0.25, 0.3) is 0 Å². The van der Waals surface area contributed by atoms with Crippen LogP contribution in [0.4, 0.5) is 29.3 Å². The summed E-state index contributed by atoms with van der Waals surface area (Å²) in [7, 11) is -3.32. The van der Waals surface area contributed by atoms with Crippen molar-refractivity contribution < 1.29 is 36.0 Å². The second-order valence-electron chi connectivity index (χ2n) is 13.6. The number of halogens is 4. The van der Waals surface area contributed by atoms with Crippen molar-refractivity contribution in [3.8, 4) is 0 Å². The Bertz CT molecular complexity index is 1730. The van der Waals surface area contributed by atoms with Crippen LogP contribution in [0.15, 0.2) is 36.4 Å². The number of nitrogens with one attached hydrogen (secondary N) is 1. The Morgan fingerprint density at radius 3 is 2.28 bits per heavy atom. The van der Waals surface area contributed by atoms with E-state index in [9.17, 15) is 36.0 Å². The number of hydrogen-bond donors (Lipinski definition) is 2. The molecule has 6 rings (SSSR count). The highest BCUT2D eigenvalue weighted by Gasteiger charge is 2.40. The van der Waals surface area contributed by atoms with E-state index >= 15 is 0 Å². The molecule has 11 nitrogen and oxygen atoms in total. The number of anilines is 2. The lowest BCUT2D eigenvalue weighted by atomic mass is 9.91. The number of amides is 4. The average Bonchev–Trinajstić information content (AvgIpc) is 3.35. The van der Waals surface area contributed by atoms with Crippen molar-refractivity contribution in [2.75, 3.05) is 56.1 Å². The lowest BCUT2D eigenvalue weighted by Crippen LogP contribution is -2.51. The predicted octanol–water partition coefficient (Wildman–Crippen LogP) is 4.60. The summed E-state index contributed by atoms with van der Waals surface area (Å²) in [6, 6.07) is 9.36. The molecule has 4 aliphatic heterocycles. The third-order valence-electron chi connectivity index (χ3n) is 10.5. The Hall–Kier alpha value is -3.56. The standard InChI is InChI=1S/C34H42ClF3N6O5S/c35-28-20-22(19-27(31(28)39)34(36,37)38)18-24(32(46)42-14-9-26(10-15-42)44-11-3-17-50(44,48)49)21-30(45)41-12-7-25(8-13-41)43-16-6-23-4-1-2-5-29(23)40-33(43)47/h1-2,4-5,19-20,24-26H,3,6-18,21,39H2,(H,40,47). The normalized spacial score (nSPS) is 21.4. The number of sulfonamides is 1. The van der Waals surface area contributed by atoms with E-state index in [0.29, 0.717) is 64.7 Å². The lowest BCUT2D eigenvalue weighted by molar-refractivity contribution is -0.142. The smallest absolute Gasteiger partial charge is 0.397 e. The number of likely N-dealkylation sites (tertiary alicyclic amines) is 2. The Labute approximate surface area is 294 Å². The first kappa shape index (κ1) is 36.2. The van der Waals surface area contributed by atoms with E-state index < -0.39 is 33.4 Å². The van der Waals surface area contributed by atoms with Crippen molar-refractivity contribution in [2.24, 2.45) is 5.92 Å². The number of nitrogens with zero attached hydrogens (tertiary/aromatic N) is 4. The van der Waals surface area contributed by atoms with Crippen molar-refractivity contribution in [3.05, 3.63) is 58.1 Å². The highest BCUT2D eigenvalue weighted by atomic mass is 35.5. The van der Waals surface area contributed by atoms with Gasteiger partial charge < -0.3 is 25.8 Å².